The van der Waals surface area contributed by atoms with Crippen LogP contribution in [0.5, 0.6) is 0 Å². The summed E-state index contributed by atoms with van der Waals surface area (Å²) in [4.78, 5) is 24.3. The zero-order valence-electron chi connectivity index (χ0n) is 17.0. The molecule has 1 amide bonds. The van der Waals surface area contributed by atoms with Crippen molar-refractivity contribution in [3.8, 4) is 0 Å². The quantitative estimate of drug-likeness (QED) is 0.562. The molecule has 2 heterocycles. The second-order valence-corrected chi connectivity index (χ2v) is 9.18. The van der Waals surface area contributed by atoms with Crippen LogP contribution in [0.25, 0.3) is 0 Å². The summed E-state index contributed by atoms with van der Waals surface area (Å²) in [5.74, 6) is 0.0737. The van der Waals surface area contributed by atoms with E-state index < -0.39 is 0 Å². The van der Waals surface area contributed by atoms with Crippen LogP contribution in [0.2, 0.25) is 0 Å². The molecule has 2 aromatic rings. The molecule has 0 radical (unpaired) electrons. The van der Waals surface area contributed by atoms with Crippen molar-refractivity contribution in [2.24, 2.45) is 4.99 Å². The Morgan fingerprint density at radius 1 is 1.03 bits per heavy atom. The van der Waals surface area contributed by atoms with Gasteiger partial charge in [-0.15, -0.1) is 0 Å². The Hall–Kier alpha value is -2.18. The first-order valence-corrected chi connectivity index (χ1v) is 11.6. The van der Waals surface area contributed by atoms with Gasteiger partial charge in [-0.05, 0) is 42.8 Å². The van der Waals surface area contributed by atoms with Gasteiger partial charge < -0.3 is 4.90 Å². The highest BCUT2D eigenvalue weighted by Gasteiger charge is 2.38. The molecule has 1 fully saturated rings. The van der Waals surface area contributed by atoms with Crippen LogP contribution in [0.4, 0.5) is 5.69 Å². The standard InChI is InChI=1S/C23H25N3OS2/c1-4-5-15-26-21(27)20(22-25(3)18-13-9-10-14-19(18)28-22)29-23(26)24-16(2)17-11-7-6-8-12-17/h6-14,16H,4-5,15H2,1-3H3/b22-20-,24-23?/t16-/m1/s1. The average Bonchev–Trinajstić information content (AvgIpc) is 3.24. The molecule has 2 aromatic carbocycles. The van der Waals surface area contributed by atoms with E-state index in [1.165, 1.54) is 16.7 Å². The minimum absolute atomic E-state index is 0.00568. The van der Waals surface area contributed by atoms with Crippen molar-refractivity contribution in [2.45, 2.75) is 37.6 Å². The maximum absolute atomic E-state index is 13.3. The number of nitrogens with zero attached hydrogens (tertiary/aromatic N) is 3. The van der Waals surface area contributed by atoms with Crippen LogP contribution in [-0.2, 0) is 4.79 Å². The Morgan fingerprint density at radius 3 is 2.48 bits per heavy atom. The molecule has 0 spiro atoms. The third-order valence-electron chi connectivity index (χ3n) is 5.12. The van der Waals surface area contributed by atoms with Crippen LogP contribution in [0.3, 0.4) is 0 Å². The number of amidine groups is 1. The van der Waals surface area contributed by atoms with Crippen LogP contribution < -0.4 is 4.90 Å². The second-order valence-electron chi connectivity index (χ2n) is 7.17. The van der Waals surface area contributed by atoms with Gasteiger partial charge in [-0.2, -0.15) is 0 Å². The SMILES string of the molecule is CCCCN1C(=O)/C(=C2/Sc3ccccc3N2C)SC1=N[C@H](C)c1ccccc1. The molecule has 29 heavy (non-hydrogen) atoms. The summed E-state index contributed by atoms with van der Waals surface area (Å²) in [6.07, 6.45) is 2.01. The van der Waals surface area contributed by atoms with Gasteiger partial charge in [0.05, 0.1) is 16.8 Å². The highest BCUT2D eigenvalue weighted by molar-refractivity contribution is 8.19. The number of carbonyl (C=O) groups excluding carboxylic acids is 1. The fraction of sp³-hybridized carbons (Fsp3) is 0.304. The Balaban J connectivity index is 1.68. The number of rotatable bonds is 5. The van der Waals surface area contributed by atoms with Crippen LogP contribution >= 0.6 is 23.5 Å². The molecule has 0 N–H and O–H groups in total. The van der Waals surface area contributed by atoms with E-state index in [0.29, 0.717) is 6.54 Å². The van der Waals surface area contributed by atoms with E-state index in [-0.39, 0.29) is 11.9 Å². The van der Waals surface area contributed by atoms with Crippen LogP contribution in [0.1, 0.15) is 38.3 Å². The summed E-state index contributed by atoms with van der Waals surface area (Å²) < 4.78 is 0. The number of anilines is 1. The minimum atomic E-state index is 0.00568. The highest BCUT2D eigenvalue weighted by atomic mass is 32.2. The first kappa shape index (κ1) is 20.1. The molecule has 0 bridgehead atoms. The number of unbranched alkanes of at least 4 members (excludes halogenated alkanes) is 1. The maximum Gasteiger partial charge on any atom is 0.269 e. The molecule has 0 saturated carbocycles. The van der Waals surface area contributed by atoms with Gasteiger partial charge in [0.25, 0.3) is 5.91 Å². The summed E-state index contributed by atoms with van der Waals surface area (Å²) in [5.41, 5.74) is 2.31. The summed E-state index contributed by atoms with van der Waals surface area (Å²) >= 11 is 3.19. The lowest BCUT2D eigenvalue weighted by atomic mass is 10.1. The van der Waals surface area contributed by atoms with Crippen LogP contribution in [-0.4, -0.2) is 29.6 Å². The Labute approximate surface area is 181 Å². The zero-order valence-corrected chi connectivity index (χ0v) is 18.6. The van der Waals surface area contributed by atoms with Gasteiger partial charge in [-0.25, -0.2) is 0 Å². The van der Waals surface area contributed by atoms with E-state index in [1.807, 2.05) is 42.3 Å². The molecule has 0 aliphatic carbocycles. The molecule has 4 nitrogen and oxygen atoms in total. The van der Waals surface area contributed by atoms with Crippen molar-refractivity contribution >= 4 is 40.3 Å². The molecule has 2 aliphatic rings. The van der Waals surface area contributed by atoms with Crippen molar-refractivity contribution in [3.05, 3.63) is 70.1 Å². The van der Waals surface area contributed by atoms with E-state index >= 15 is 0 Å². The summed E-state index contributed by atoms with van der Waals surface area (Å²) in [6.45, 7) is 4.94. The normalized spacial score (nSPS) is 21.2. The van der Waals surface area contributed by atoms with Gasteiger partial charge in [0, 0.05) is 18.5 Å². The number of benzene rings is 2. The number of amides is 1. The summed E-state index contributed by atoms with van der Waals surface area (Å²) in [5, 5.41) is 1.81. The van der Waals surface area contributed by atoms with Gasteiger partial charge in [0.15, 0.2) is 5.17 Å². The average molecular weight is 424 g/mol. The van der Waals surface area contributed by atoms with Crippen LogP contribution in [0.15, 0.2) is 74.4 Å². The smallest absolute Gasteiger partial charge is 0.269 e. The predicted molar refractivity (Wildman–Crippen MR) is 124 cm³/mol. The first-order valence-electron chi connectivity index (χ1n) is 9.97. The van der Waals surface area contributed by atoms with Crippen molar-refractivity contribution in [1.82, 2.24) is 4.90 Å². The van der Waals surface area contributed by atoms with Gasteiger partial charge in [-0.3, -0.25) is 14.7 Å². The summed E-state index contributed by atoms with van der Waals surface area (Å²) in [6, 6.07) is 18.5. The van der Waals surface area contributed by atoms with Crippen molar-refractivity contribution in [3.63, 3.8) is 0 Å². The molecule has 150 valence electrons. The van der Waals surface area contributed by atoms with Gasteiger partial charge >= 0.3 is 0 Å². The molecule has 4 rings (SSSR count). The number of thioether (sulfide) groups is 2. The zero-order chi connectivity index (χ0) is 20.4. The second kappa shape index (κ2) is 8.67. The van der Waals surface area contributed by atoms with E-state index in [4.69, 9.17) is 4.99 Å². The molecular formula is C23H25N3OS2. The third kappa shape index (κ3) is 3.96. The number of hydrogen-bond acceptors (Lipinski definition) is 5. The maximum atomic E-state index is 13.3. The van der Waals surface area contributed by atoms with Crippen molar-refractivity contribution in [2.75, 3.05) is 18.5 Å². The molecular weight excluding hydrogens is 398 g/mol. The molecule has 0 aromatic heterocycles. The Kier molecular flexibility index (Phi) is 6.01. The minimum Gasteiger partial charge on any atom is -0.337 e. The molecule has 1 atom stereocenters. The van der Waals surface area contributed by atoms with E-state index in [0.717, 1.165) is 39.2 Å². The Morgan fingerprint density at radius 2 is 1.76 bits per heavy atom. The van der Waals surface area contributed by atoms with Gasteiger partial charge in [0.2, 0.25) is 0 Å². The third-order valence-corrected chi connectivity index (χ3v) is 7.56. The number of aliphatic imine (C=N–C) groups is 1. The van der Waals surface area contributed by atoms with E-state index in [1.54, 1.807) is 11.8 Å². The molecule has 1 saturated heterocycles. The van der Waals surface area contributed by atoms with E-state index in [2.05, 4.69) is 43.0 Å². The lowest BCUT2D eigenvalue weighted by molar-refractivity contribution is -0.122. The topological polar surface area (TPSA) is 35.9 Å². The lowest BCUT2D eigenvalue weighted by Gasteiger charge is -2.17. The van der Waals surface area contributed by atoms with Gasteiger partial charge in [-0.1, -0.05) is 67.6 Å². The lowest BCUT2D eigenvalue weighted by Crippen LogP contribution is -2.31. The van der Waals surface area contributed by atoms with Gasteiger partial charge in [0.1, 0.15) is 4.91 Å². The fourth-order valence-electron chi connectivity index (χ4n) is 3.42. The number of para-hydroxylation sites is 1. The molecule has 6 heteroatoms. The fourth-order valence-corrected chi connectivity index (χ4v) is 5.85. The largest absolute Gasteiger partial charge is 0.337 e. The predicted octanol–water partition coefficient (Wildman–Crippen LogP) is 5.89. The van der Waals surface area contributed by atoms with E-state index in [9.17, 15) is 4.79 Å². The number of carbonyl (C=O) groups is 1. The number of hydrogen-bond donors (Lipinski definition) is 0. The monoisotopic (exact) mass is 423 g/mol. The van der Waals surface area contributed by atoms with Crippen molar-refractivity contribution < 1.29 is 4.79 Å². The molecule has 0 unspecified atom stereocenters. The highest BCUT2D eigenvalue weighted by Crippen LogP contribution is 2.50. The Bertz CT molecular complexity index is 971. The number of fused-ring (bicyclic) bond motifs is 1. The van der Waals surface area contributed by atoms with Crippen molar-refractivity contribution in [1.29, 1.82) is 0 Å². The first-order chi connectivity index (χ1) is 14.1. The molecule has 2 aliphatic heterocycles. The summed E-state index contributed by atoms with van der Waals surface area (Å²) in [7, 11) is 2.03. The van der Waals surface area contributed by atoms with Crippen LogP contribution in [0, 0.1) is 0 Å².